The molecular formula is C19H21N3O7. The number of hydrogen-bond acceptors (Lipinski definition) is 7. The van der Waals surface area contributed by atoms with Crippen LogP contribution in [0.25, 0.3) is 0 Å². The van der Waals surface area contributed by atoms with Gasteiger partial charge in [-0.15, -0.1) is 0 Å². The van der Waals surface area contributed by atoms with E-state index >= 15 is 0 Å². The molecule has 3 N–H and O–H groups in total. The summed E-state index contributed by atoms with van der Waals surface area (Å²) in [5.74, 6) is -0.867. The zero-order valence-electron chi connectivity index (χ0n) is 15.9. The van der Waals surface area contributed by atoms with Crippen LogP contribution in [0.1, 0.15) is 24.2 Å². The van der Waals surface area contributed by atoms with Gasteiger partial charge in [0.25, 0.3) is 11.5 Å². The molecule has 3 amide bonds. The molecule has 10 nitrogen and oxygen atoms in total. The van der Waals surface area contributed by atoms with Crippen LogP contribution in [0.5, 0.6) is 11.5 Å². The number of urea groups is 1. The van der Waals surface area contributed by atoms with Crippen molar-refractivity contribution in [2.75, 3.05) is 25.1 Å². The maximum Gasteiger partial charge on any atom is 0.344 e. The van der Waals surface area contributed by atoms with Gasteiger partial charge in [-0.1, -0.05) is 0 Å². The lowest BCUT2D eigenvalue weighted by Crippen LogP contribution is -2.37. The lowest BCUT2D eigenvalue weighted by atomic mass is 10.2. The Kier molecular flexibility index (Phi) is 7.78. The average molecular weight is 403 g/mol. The van der Waals surface area contributed by atoms with Crippen LogP contribution in [0, 0.1) is 0 Å². The van der Waals surface area contributed by atoms with Gasteiger partial charge in [-0.25, -0.2) is 9.59 Å². The van der Waals surface area contributed by atoms with Crippen LogP contribution in [-0.4, -0.2) is 42.7 Å². The highest BCUT2D eigenvalue weighted by molar-refractivity contribution is 6.02. The lowest BCUT2D eigenvalue weighted by Gasteiger charge is -2.13. The van der Waals surface area contributed by atoms with E-state index in [1.54, 1.807) is 18.2 Å². The van der Waals surface area contributed by atoms with Crippen molar-refractivity contribution in [2.45, 2.75) is 13.8 Å². The summed E-state index contributed by atoms with van der Waals surface area (Å²) in [5, 5.41) is 4.48. The zero-order valence-corrected chi connectivity index (χ0v) is 15.9. The number of carbonyl (C=O) groups excluding carboxylic acids is 3. The van der Waals surface area contributed by atoms with Crippen LogP contribution in [0.4, 0.5) is 10.5 Å². The van der Waals surface area contributed by atoms with E-state index in [1.807, 2.05) is 19.2 Å². The SMILES string of the molecule is CCOc1ccc(NC(=O)NC(=O)COC(=O)c2ccc[nH]c2=O)cc1OCC. The highest BCUT2D eigenvalue weighted by Crippen LogP contribution is 2.30. The predicted octanol–water partition coefficient (Wildman–Crippen LogP) is 1.68. The second kappa shape index (κ2) is 10.5. The second-order valence-corrected chi connectivity index (χ2v) is 5.52. The summed E-state index contributed by atoms with van der Waals surface area (Å²) in [4.78, 5) is 49.3. The molecule has 2 rings (SSSR count). The normalized spacial score (nSPS) is 10.0. The molecule has 0 unspecified atom stereocenters. The molecule has 10 heteroatoms. The minimum atomic E-state index is -0.977. The number of rotatable bonds is 8. The first-order valence-corrected chi connectivity index (χ1v) is 8.79. The van der Waals surface area contributed by atoms with E-state index in [-0.39, 0.29) is 5.56 Å². The molecule has 0 aliphatic rings. The van der Waals surface area contributed by atoms with Crippen molar-refractivity contribution in [3.63, 3.8) is 0 Å². The molecule has 0 atom stereocenters. The highest BCUT2D eigenvalue weighted by Gasteiger charge is 2.15. The van der Waals surface area contributed by atoms with Crippen molar-refractivity contribution in [3.8, 4) is 11.5 Å². The highest BCUT2D eigenvalue weighted by atomic mass is 16.5. The number of anilines is 1. The Morgan fingerprint density at radius 2 is 1.76 bits per heavy atom. The Balaban J connectivity index is 1.89. The summed E-state index contributed by atoms with van der Waals surface area (Å²) in [7, 11) is 0. The molecule has 1 heterocycles. The Morgan fingerprint density at radius 1 is 1.03 bits per heavy atom. The summed E-state index contributed by atoms with van der Waals surface area (Å²) in [5.41, 5.74) is -0.520. The number of pyridine rings is 1. The molecule has 0 saturated heterocycles. The van der Waals surface area contributed by atoms with E-state index in [1.165, 1.54) is 18.3 Å². The molecule has 0 fully saturated rings. The van der Waals surface area contributed by atoms with Gasteiger partial charge in [0.05, 0.1) is 13.2 Å². The molecule has 2 aromatic rings. The zero-order chi connectivity index (χ0) is 21.2. The standard InChI is InChI=1S/C19H21N3O7/c1-3-27-14-8-7-12(10-15(14)28-4-2)21-19(26)22-16(23)11-29-18(25)13-6-5-9-20-17(13)24/h5-10H,3-4,11H2,1-2H3,(H,20,24)(H2,21,22,23,26). The number of imide groups is 1. The van der Waals surface area contributed by atoms with Crippen LogP contribution in [0.3, 0.4) is 0 Å². The summed E-state index contributed by atoms with van der Waals surface area (Å²) in [6, 6.07) is 6.65. The van der Waals surface area contributed by atoms with Gasteiger partial charge in [-0.2, -0.15) is 0 Å². The molecule has 0 aliphatic carbocycles. The smallest absolute Gasteiger partial charge is 0.344 e. The van der Waals surface area contributed by atoms with Crippen molar-refractivity contribution in [1.82, 2.24) is 10.3 Å². The number of hydrogen-bond donors (Lipinski definition) is 3. The average Bonchev–Trinajstić information content (AvgIpc) is 2.68. The van der Waals surface area contributed by atoms with Crippen molar-refractivity contribution < 1.29 is 28.6 Å². The summed E-state index contributed by atoms with van der Waals surface area (Å²) < 4.78 is 15.6. The summed E-state index contributed by atoms with van der Waals surface area (Å²) in [6.07, 6.45) is 1.36. The molecule has 1 aromatic heterocycles. The monoisotopic (exact) mass is 403 g/mol. The molecule has 0 spiro atoms. The number of carbonyl (C=O) groups is 3. The first kappa shape index (κ1) is 21.5. The van der Waals surface area contributed by atoms with E-state index < -0.39 is 30.1 Å². The quantitative estimate of drug-likeness (QED) is 0.571. The number of H-pyrrole nitrogens is 1. The summed E-state index contributed by atoms with van der Waals surface area (Å²) in [6.45, 7) is 3.78. The van der Waals surface area contributed by atoms with Gasteiger partial charge in [0, 0.05) is 18.0 Å². The Labute approximate surface area is 166 Å². The van der Waals surface area contributed by atoms with Crippen molar-refractivity contribution in [1.29, 1.82) is 0 Å². The van der Waals surface area contributed by atoms with Crippen LogP contribution in [-0.2, 0) is 9.53 Å². The molecule has 0 bridgehead atoms. The first-order chi connectivity index (χ1) is 13.9. The molecule has 154 valence electrons. The van der Waals surface area contributed by atoms with Crippen molar-refractivity contribution in [2.24, 2.45) is 0 Å². The molecule has 0 radical (unpaired) electrons. The fourth-order valence-electron chi connectivity index (χ4n) is 2.25. The maximum absolute atomic E-state index is 12.0. The number of esters is 1. The fourth-order valence-corrected chi connectivity index (χ4v) is 2.25. The van der Waals surface area contributed by atoms with E-state index in [4.69, 9.17) is 14.2 Å². The maximum atomic E-state index is 12.0. The number of ether oxygens (including phenoxy) is 3. The molecule has 0 saturated carbocycles. The predicted molar refractivity (Wildman–Crippen MR) is 103 cm³/mol. The van der Waals surface area contributed by atoms with Crippen LogP contribution in [0.15, 0.2) is 41.3 Å². The Morgan fingerprint density at radius 3 is 2.45 bits per heavy atom. The molecule has 1 aromatic carbocycles. The molecule has 29 heavy (non-hydrogen) atoms. The van der Waals surface area contributed by atoms with Gasteiger partial charge < -0.3 is 24.5 Å². The van der Waals surface area contributed by atoms with E-state index in [9.17, 15) is 19.2 Å². The van der Waals surface area contributed by atoms with E-state index in [2.05, 4.69) is 10.3 Å². The van der Waals surface area contributed by atoms with E-state index in [0.717, 1.165) is 0 Å². The minimum Gasteiger partial charge on any atom is -0.490 e. The third-order valence-corrected chi connectivity index (χ3v) is 3.43. The van der Waals surface area contributed by atoms with Crippen LogP contribution < -0.4 is 25.7 Å². The van der Waals surface area contributed by atoms with Gasteiger partial charge in [-0.05, 0) is 38.1 Å². The first-order valence-electron chi connectivity index (χ1n) is 8.79. The van der Waals surface area contributed by atoms with Crippen LogP contribution in [0.2, 0.25) is 0 Å². The third-order valence-electron chi connectivity index (χ3n) is 3.43. The summed E-state index contributed by atoms with van der Waals surface area (Å²) >= 11 is 0. The van der Waals surface area contributed by atoms with Gasteiger partial charge >= 0.3 is 12.0 Å². The largest absolute Gasteiger partial charge is 0.490 e. The third kappa shape index (κ3) is 6.38. The van der Waals surface area contributed by atoms with Crippen molar-refractivity contribution in [3.05, 3.63) is 52.4 Å². The topological polar surface area (TPSA) is 136 Å². The minimum absolute atomic E-state index is 0.248. The molecule has 0 aliphatic heterocycles. The number of aromatic amines is 1. The number of amides is 3. The lowest BCUT2D eigenvalue weighted by molar-refractivity contribution is -0.123. The van der Waals surface area contributed by atoms with Gasteiger partial charge in [0.15, 0.2) is 18.1 Å². The van der Waals surface area contributed by atoms with Gasteiger partial charge in [0.2, 0.25) is 0 Å². The van der Waals surface area contributed by atoms with Crippen molar-refractivity contribution >= 4 is 23.6 Å². The Bertz CT molecular complexity index is 939. The second-order valence-electron chi connectivity index (χ2n) is 5.52. The van der Waals surface area contributed by atoms with E-state index in [0.29, 0.717) is 30.4 Å². The van der Waals surface area contributed by atoms with Gasteiger partial charge in [0.1, 0.15) is 5.56 Å². The number of aromatic nitrogens is 1. The Hall–Kier alpha value is -3.82. The number of benzene rings is 1. The molecular weight excluding hydrogens is 382 g/mol. The van der Waals surface area contributed by atoms with Crippen LogP contribution >= 0.6 is 0 Å². The van der Waals surface area contributed by atoms with Gasteiger partial charge in [-0.3, -0.25) is 14.9 Å². The number of nitrogens with one attached hydrogen (secondary N) is 3. The fraction of sp³-hybridized carbons (Fsp3) is 0.263.